The fraction of sp³-hybridized carbons (Fsp3) is 0.667. The van der Waals surface area contributed by atoms with Crippen LogP contribution in [0.2, 0.25) is 0 Å². The summed E-state index contributed by atoms with van der Waals surface area (Å²) in [5, 5.41) is 0. The van der Waals surface area contributed by atoms with Crippen molar-refractivity contribution in [1.29, 1.82) is 0 Å². The lowest BCUT2D eigenvalue weighted by atomic mass is 10.4. The van der Waals surface area contributed by atoms with Gasteiger partial charge in [-0.25, -0.2) is 8.42 Å². The molecule has 0 aliphatic rings. The number of nitrogens with zero attached hydrogens (tertiary/aromatic N) is 2. The highest BCUT2D eigenvalue weighted by Crippen LogP contribution is 2.19. The van der Waals surface area contributed by atoms with Gasteiger partial charge in [0.05, 0.1) is 0 Å². The van der Waals surface area contributed by atoms with E-state index in [0.29, 0.717) is 24.5 Å². The molecule has 0 aliphatic heterocycles. The van der Waals surface area contributed by atoms with Crippen molar-refractivity contribution >= 4 is 10.0 Å². The standard InChI is InChI=1S/C12H23N3O2S/c1-4-7-14-10-12(8-11(14)9-13)18(16,17)15(5-2)6-3/h8,10H,4-7,9,13H2,1-3H3. The predicted molar refractivity (Wildman–Crippen MR) is 72.7 cm³/mol. The maximum absolute atomic E-state index is 12.4. The molecule has 0 aliphatic carbocycles. The van der Waals surface area contributed by atoms with E-state index in [9.17, 15) is 8.42 Å². The first kappa shape index (κ1) is 15.2. The summed E-state index contributed by atoms with van der Waals surface area (Å²) in [5.74, 6) is 0. The Kier molecular flexibility index (Phi) is 5.37. The zero-order valence-corrected chi connectivity index (χ0v) is 12.2. The fourth-order valence-electron chi connectivity index (χ4n) is 2.00. The Morgan fingerprint density at radius 1 is 1.28 bits per heavy atom. The zero-order valence-electron chi connectivity index (χ0n) is 11.4. The van der Waals surface area contributed by atoms with Gasteiger partial charge >= 0.3 is 0 Å². The van der Waals surface area contributed by atoms with Gasteiger partial charge in [0.1, 0.15) is 4.90 Å². The van der Waals surface area contributed by atoms with E-state index in [1.54, 1.807) is 12.3 Å². The first-order valence-electron chi connectivity index (χ1n) is 6.40. The molecule has 5 nitrogen and oxygen atoms in total. The maximum Gasteiger partial charge on any atom is 0.244 e. The summed E-state index contributed by atoms with van der Waals surface area (Å²) in [4.78, 5) is 0.347. The van der Waals surface area contributed by atoms with Crippen molar-refractivity contribution in [3.05, 3.63) is 18.0 Å². The number of hydrogen-bond acceptors (Lipinski definition) is 3. The first-order chi connectivity index (χ1) is 8.51. The zero-order chi connectivity index (χ0) is 13.8. The SMILES string of the molecule is CCCn1cc(S(=O)(=O)N(CC)CC)cc1CN. The molecule has 0 bridgehead atoms. The minimum Gasteiger partial charge on any atom is -0.349 e. The quantitative estimate of drug-likeness (QED) is 0.816. The van der Waals surface area contributed by atoms with Crippen molar-refractivity contribution < 1.29 is 8.42 Å². The van der Waals surface area contributed by atoms with E-state index < -0.39 is 10.0 Å². The van der Waals surface area contributed by atoms with Crippen LogP contribution in [-0.2, 0) is 23.1 Å². The van der Waals surface area contributed by atoms with E-state index in [2.05, 4.69) is 6.92 Å². The van der Waals surface area contributed by atoms with Crippen molar-refractivity contribution in [3.63, 3.8) is 0 Å². The molecule has 104 valence electrons. The Hall–Kier alpha value is -0.850. The van der Waals surface area contributed by atoms with Crippen LogP contribution in [0.15, 0.2) is 17.2 Å². The van der Waals surface area contributed by atoms with Crippen LogP contribution in [0.5, 0.6) is 0 Å². The van der Waals surface area contributed by atoms with Gasteiger partial charge in [0.15, 0.2) is 0 Å². The summed E-state index contributed by atoms with van der Waals surface area (Å²) < 4.78 is 28.1. The molecule has 1 aromatic heterocycles. The Labute approximate surface area is 110 Å². The van der Waals surface area contributed by atoms with Gasteiger partial charge in [0.25, 0.3) is 0 Å². The average Bonchev–Trinajstić information content (AvgIpc) is 2.74. The van der Waals surface area contributed by atoms with E-state index in [4.69, 9.17) is 5.73 Å². The van der Waals surface area contributed by atoms with Gasteiger partial charge < -0.3 is 10.3 Å². The van der Waals surface area contributed by atoms with Gasteiger partial charge in [0, 0.05) is 38.1 Å². The molecule has 2 N–H and O–H groups in total. The van der Waals surface area contributed by atoms with Crippen LogP contribution in [0.4, 0.5) is 0 Å². The van der Waals surface area contributed by atoms with E-state index >= 15 is 0 Å². The van der Waals surface area contributed by atoms with Gasteiger partial charge in [-0.3, -0.25) is 0 Å². The number of rotatable bonds is 7. The van der Waals surface area contributed by atoms with Crippen molar-refractivity contribution in [2.45, 2.75) is 45.2 Å². The lowest BCUT2D eigenvalue weighted by Crippen LogP contribution is -2.30. The predicted octanol–water partition coefficient (Wildman–Crippen LogP) is 1.39. The number of aromatic nitrogens is 1. The molecule has 0 atom stereocenters. The second-order valence-corrected chi connectivity index (χ2v) is 6.09. The summed E-state index contributed by atoms with van der Waals surface area (Å²) in [6, 6.07) is 1.68. The van der Waals surface area contributed by atoms with Crippen molar-refractivity contribution in [1.82, 2.24) is 8.87 Å². The topological polar surface area (TPSA) is 68.3 Å². The highest BCUT2D eigenvalue weighted by atomic mass is 32.2. The summed E-state index contributed by atoms with van der Waals surface area (Å²) >= 11 is 0. The molecule has 0 unspecified atom stereocenters. The van der Waals surface area contributed by atoms with Crippen LogP contribution >= 0.6 is 0 Å². The highest BCUT2D eigenvalue weighted by Gasteiger charge is 2.23. The van der Waals surface area contributed by atoms with Crippen LogP contribution in [0.1, 0.15) is 32.9 Å². The average molecular weight is 273 g/mol. The normalized spacial score (nSPS) is 12.3. The Balaban J connectivity index is 3.17. The van der Waals surface area contributed by atoms with Crippen LogP contribution in [-0.4, -0.2) is 30.4 Å². The van der Waals surface area contributed by atoms with Crippen LogP contribution < -0.4 is 5.73 Å². The molecule has 0 spiro atoms. The number of hydrogen-bond donors (Lipinski definition) is 1. The molecule has 0 aromatic carbocycles. The fourth-order valence-corrected chi connectivity index (χ4v) is 3.52. The minimum absolute atomic E-state index is 0.347. The van der Waals surface area contributed by atoms with Crippen molar-refractivity contribution in [2.75, 3.05) is 13.1 Å². The van der Waals surface area contributed by atoms with Gasteiger partial charge in [-0.1, -0.05) is 20.8 Å². The molecule has 0 amide bonds. The Morgan fingerprint density at radius 3 is 2.33 bits per heavy atom. The van der Waals surface area contributed by atoms with Gasteiger partial charge in [0.2, 0.25) is 10.0 Å². The van der Waals surface area contributed by atoms with E-state index in [1.165, 1.54) is 4.31 Å². The molecule has 6 heteroatoms. The molecule has 1 heterocycles. The molecule has 18 heavy (non-hydrogen) atoms. The van der Waals surface area contributed by atoms with E-state index in [0.717, 1.165) is 18.7 Å². The largest absolute Gasteiger partial charge is 0.349 e. The minimum atomic E-state index is -3.37. The Morgan fingerprint density at radius 2 is 1.89 bits per heavy atom. The van der Waals surface area contributed by atoms with Crippen LogP contribution in [0.3, 0.4) is 0 Å². The third kappa shape index (κ3) is 2.93. The first-order valence-corrected chi connectivity index (χ1v) is 7.84. The lowest BCUT2D eigenvalue weighted by molar-refractivity contribution is 0.445. The number of sulfonamides is 1. The Bertz CT molecular complexity index is 476. The van der Waals surface area contributed by atoms with Gasteiger partial charge in [-0.15, -0.1) is 0 Å². The molecule has 0 radical (unpaired) electrons. The second kappa shape index (κ2) is 6.36. The maximum atomic E-state index is 12.4. The molecule has 0 saturated heterocycles. The third-order valence-corrected chi connectivity index (χ3v) is 4.99. The molecule has 1 aromatic rings. The smallest absolute Gasteiger partial charge is 0.244 e. The summed E-state index contributed by atoms with van der Waals surface area (Å²) in [5.41, 5.74) is 6.51. The third-order valence-electron chi connectivity index (χ3n) is 2.98. The molecular formula is C12H23N3O2S. The second-order valence-electron chi connectivity index (χ2n) is 4.15. The highest BCUT2D eigenvalue weighted by molar-refractivity contribution is 7.89. The molecule has 0 saturated carbocycles. The van der Waals surface area contributed by atoms with Gasteiger partial charge in [-0.2, -0.15) is 4.31 Å². The lowest BCUT2D eigenvalue weighted by Gasteiger charge is -2.17. The molecule has 1 rings (SSSR count). The summed E-state index contributed by atoms with van der Waals surface area (Å²) in [7, 11) is -3.37. The van der Waals surface area contributed by atoms with Crippen molar-refractivity contribution in [2.24, 2.45) is 5.73 Å². The number of nitrogens with two attached hydrogens (primary N) is 1. The van der Waals surface area contributed by atoms with Crippen LogP contribution in [0.25, 0.3) is 0 Å². The summed E-state index contributed by atoms with van der Waals surface area (Å²) in [6.07, 6.45) is 2.64. The van der Waals surface area contributed by atoms with E-state index in [-0.39, 0.29) is 0 Å². The van der Waals surface area contributed by atoms with E-state index in [1.807, 2.05) is 18.4 Å². The molecule has 0 fully saturated rings. The molecular weight excluding hydrogens is 250 g/mol. The number of aryl methyl sites for hydroxylation is 1. The van der Waals surface area contributed by atoms with Gasteiger partial charge in [-0.05, 0) is 12.5 Å². The van der Waals surface area contributed by atoms with Crippen LogP contribution in [0, 0.1) is 0 Å². The summed E-state index contributed by atoms with van der Waals surface area (Å²) in [6.45, 7) is 7.85. The van der Waals surface area contributed by atoms with Crippen molar-refractivity contribution in [3.8, 4) is 0 Å². The monoisotopic (exact) mass is 273 g/mol.